The van der Waals surface area contributed by atoms with Gasteiger partial charge in [-0.15, -0.1) is 0 Å². The van der Waals surface area contributed by atoms with Gasteiger partial charge in [-0.25, -0.2) is 0 Å². The highest BCUT2D eigenvalue weighted by atomic mass is 16.6. The van der Waals surface area contributed by atoms with Gasteiger partial charge in [0, 0.05) is 44.2 Å². The van der Waals surface area contributed by atoms with E-state index in [-0.39, 0.29) is 0 Å². The molecule has 12 nitrogen and oxygen atoms in total. The van der Waals surface area contributed by atoms with E-state index >= 15 is 0 Å². The van der Waals surface area contributed by atoms with Gasteiger partial charge in [0.15, 0.2) is 0 Å². The molecular formula is C20H41N5O7. The van der Waals surface area contributed by atoms with E-state index in [1.54, 1.807) is 0 Å². The second-order valence-corrected chi connectivity index (χ2v) is 6.83. The van der Waals surface area contributed by atoms with E-state index in [1.807, 2.05) is 0 Å². The first-order chi connectivity index (χ1) is 15.9. The summed E-state index contributed by atoms with van der Waals surface area (Å²) < 4.78 is 37.9. The highest BCUT2D eigenvalue weighted by Crippen LogP contribution is 1.92. The number of hydrogen-bond donors (Lipinski definition) is 1. The molecule has 1 N–H and O–H groups in total. The van der Waals surface area contributed by atoms with Crippen molar-refractivity contribution in [1.82, 2.24) is 10.2 Å². The average Bonchev–Trinajstić information content (AvgIpc) is 2.82. The molecule has 0 aromatic rings. The number of nitrogens with zero attached hydrogens (tertiary/aromatic N) is 4. The monoisotopic (exact) mass is 463 g/mol. The van der Waals surface area contributed by atoms with Crippen LogP contribution in [0.5, 0.6) is 0 Å². The van der Waals surface area contributed by atoms with Crippen LogP contribution in [0.4, 0.5) is 0 Å². The quantitative estimate of drug-likeness (QED) is 0.0931. The van der Waals surface area contributed by atoms with Crippen LogP contribution in [0.1, 0.15) is 0 Å². The predicted molar refractivity (Wildman–Crippen MR) is 119 cm³/mol. The first kappa shape index (κ1) is 29.0. The summed E-state index contributed by atoms with van der Waals surface area (Å²) in [5, 5.41) is 6.71. The summed E-state index contributed by atoms with van der Waals surface area (Å²) in [7, 11) is 0. The molecule has 1 heterocycles. The molecule has 0 aliphatic carbocycles. The summed E-state index contributed by atoms with van der Waals surface area (Å²) in [6.45, 7) is 13.2. The van der Waals surface area contributed by atoms with Crippen LogP contribution in [-0.2, 0) is 33.2 Å². The van der Waals surface area contributed by atoms with Crippen LogP contribution < -0.4 is 5.32 Å². The third kappa shape index (κ3) is 20.8. The third-order valence-corrected chi connectivity index (χ3v) is 4.39. The lowest BCUT2D eigenvalue weighted by Crippen LogP contribution is -2.44. The van der Waals surface area contributed by atoms with Crippen LogP contribution >= 0.6 is 0 Å². The Morgan fingerprint density at radius 3 is 1.38 bits per heavy atom. The van der Waals surface area contributed by atoms with Crippen LogP contribution in [0, 0.1) is 0 Å². The third-order valence-electron chi connectivity index (χ3n) is 4.39. The van der Waals surface area contributed by atoms with Crippen molar-refractivity contribution in [2.45, 2.75) is 0 Å². The minimum Gasteiger partial charge on any atom is -0.379 e. The zero-order chi connectivity index (χ0) is 22.8. The van der Waals surface area contributed by atoms with E-state index in [4.69, 9.17) is 38.7 Å². The molecule has 0 aromatic carbocycles. The smallest absolute Gasteiger partial charge is 0.0701 e. The summed E-state index contributed by atoms with van der Waals surface area (Å²) in [5.74, 6) is 0. The summed E-state index contributed by atoms with van der Waals surface area (Å²) >= 11 is 0. The maximum atomic E-state index is 8.11. The van der Waals surface area contributed by atoms with E-state index in [0.717, 1.165) is 39.3 Å². The molecule has 1 saturated heterocycles. The molecular weight excluding hydrogens is 422 g/mol. The highest BCUT2D eigenvalue weighted by Gasteiger charge is 2.08. The number of azide groups is 1. The first-order valence-corrected chi connectivity index (χ1v) is 11.4. The second kappa shape index (κ2) is 24.6. The zero-order valence-electron chi connectivity index (χ0n) is 19.3. The Bertz CT molecular complexity index is 439. The Morgan fingerprint density at radius 1 is 0.594 bits per heavy atom. The van der Waals surface area contributed by atoms with E-state index in [0.29, 0.717) is 92.4 Å². The van der Waals surface area contributed by atoms with Gasteiger partial charge >= 0.3 is 0 Å². The van der Waals surface area contributed by atoms with Crippen molar-refractivity contribution < 1.29 is 33.2 Å². The standard InChI is InChI=1S/C20H41N5O7/c21-24-23-3-7-26-9-11-28-13-15-30-17-19-32-20-18-31-16-14-29-12-10-27-8-6-25-4-1-22-2-5-25/h22H,1-20H2. The van der Waals surface area contributed by atoms with Crippen LogP contribution in [0.15, 0.2) is 5.11 Å². The van der Waals surface area contributed by atoms with E-state index < -0.39 is 0 Å². The average molecular weight is 464 g/mol. The highest BCUT2D eigenvalue weighted by molar-refractivity contribution is 4.66. The molecule has 0 amide bonds. The molecule has 1 fully saturated rings. The molecule has 0 atom stereocenters. The van der Waals surface area contributed by atoms with Crippen molar-refractivity contribution in [3.05, 3.63) is 10.4 Å². The number of piperazine rings is 1. The van der Waals surface area contributed by atoms with Gasteiger partial charge in [-0.1, -0.05) is 5.11 Å². The summed E-state index contributed by atoms with van der Waals surface area (Å²) in [4.78, 5) is 5.05. The number of hydrogen-bond acceptors (Lipinski definition) is 10. The first-order valence-electron chi connectivity index (χ1n) is 11.4. The van der Waals surface area contributed by atoms with E-state index in [2.05, 4.69) is 20.2 Å². The molecule has 0 saturated carbocycles. The lowest BCUT2D eigenvalue weighted by Gasteiger charge is -2.26. The van der Waals surface area contributed by atoms with Gasteiger partial charge in [0.05, 0.1) is 92.5 Å². The molecule has 1 aliphatic heterocycles. The minimum atomic E-state index is 0.339. The Labute approximate surface area is 191 Å². The fourth-order valence-corrected chi connectivity index (χ4v) is 2.70. The Balaban J connectivity index is 1.63. The van der Waals surface area contributed by atoms with Crippen molar-refractivity contribution in [3.63, 3.8) is 0 Å². The fourth-order valence-electron chi connectivity index (χ4n) is 2.70. The fraction of sp³-hybridized carbons (Fsp3) is 1.00. The normalized spacial score (nSPS) is 14.5. The van der Waals surface area contributed by atoms with Crippen LogP contribution in [0.2, 0.25) is 0 Å². The van der Waals surface area contributed by atoms with Crippen molar-refractivity contribution in [2.75, 3.05) is 132 Å². The second-order valence-electron chi connectivity index (χ2n) is 6.83. The molecule has 0 radical (unpaired) electrons. The van der Waals surface area contributed by atoms with Gasteiger partial charge in [-0.05, 0) is 5.53 Å². The van der Waals surface area contributed by atoms with Gasteiger partial charge in [-0.2, -0.15) is 0 Å². The molecule has 188 valence electrons. The maximum absolute atomic E-state index is 8.11. The Morgan fingerprint density at radius 2 is 0.969 bits per heavy atom. The number of rotatable bonds is 24. The van der Waals surface area contributed by atoms with Gasteiger partial charge in [-0.3, -0.25) is 4.90 Å². The van der Waals surface area contributed by atoms with E-state index in [1.165, 1.54) is 0 Å². The number of ether oxygens (including phenoxy) is 7. The van der Waals surface area contributed by atoms with E-state index in [9.17, 15) is 0 Å². The zero-order valence-corrected chi connectivity index (χ0v) is 19.3. The van der Waals surface area contributed by atoms with Crippen molar-refractivity contribution in [1.29, 1.82) is 0 Å². The summed E-state index contributed by atoms with van der Waals surface area (Å²) in [5.41, 5.74) is 8.11. The Kier molecular flexibility index (Phi) is 22.3. The molecule has 0 bridgehead atoms. The lowest BCUT2D eigenvalue weighted by atomic mass is 10.4. The molecule has 0 unspecified atom stereocenters. The Hall–Kier alpha value is -1.05. The largest absolute Gasteiger partial charge is 0.379 e. The van der Waals surface area contributed by atoms with Crippen LogP contribution in [-0.4, -0.2) is 137 Å². The van der Waals surface area contributed by atoms with Gasteiger partial charge in [0.25, 0.3) is 0 Å². The van der Waals surface area contributed by atoms with Crippen molar-refractivity contribution in [3.8, 4) is 0 Å². The summed E-state index contributed by atoms with van der Waals surface area (Å²) in [6, 6.07) is 0. The van der Waals surface area contributed by atoms with Crippen LogP contribution in [0.25, 0.3) is 10.4 Å². The van der Waals surface area contributed by atoms with Gasteiger partial charge in [0.1, 0.15) is 0 Å². The summed E-state index contributed by atoms with van der Waals surface area (Å²) in [6.07, 6.45) is 0. The number of nitrogens with one attached hydrogen (secondary N) is 1. The maximum Gasteiger partial charge on any atom is 0.0701 e. The van der Waals surface area contributed by atoms with Gasteiger partial charge in [0.2, 0.25) is 0 Å². The van der Waals surface area contributed by atoms with Crippen molar-refractivity contribution in [2.24, 2.45) is 5.11 Å². The lowest BCUT2D eigenvalue weighted by molar-refractivity contribution is -0.0208. The molecule has 1 rings (SSSR count). The predicted octanol–water partition coefficient (Wildman–Crippen LogP) is 0.318. The molecule has 1 aliphatic rings. The molecule has 0 aromatic heterocycles. The topological polar surface area (TPSA) is 129 Å². The van der Waals surface area contributed by atoms with Crippen LogP contribution in [0.3, 0.4) is 0 Å². The van der Waals surface area contributed by atoms with Crippen molar-refractivity contribution >= 4 is 0 Å². The minimum absolute atomic E-state index is 0.339. The molecule has 32 heavy (non-hydrogen) atoms. The molecule has 12 heteroatoms. The van der Waals surface area contributed by atoms with Gasteiger partial charge < -0.3 is 38.5 Å². The molecule has 0 spiro atoms. The SMILES string of the molecule is [N-]=[N+]=NCCOCCOCCOCCOCCOCCOCCOCCN1CCNCC1.